The van der Waals surface area contributed by atoms with Gasteiger partial charge in [0.1, 0.15) is 22.2 Å². The Balaban J connectivity index is 1.75. The first-order chi connectivity index (χ1) is 15.0. The highest BCUT2D eigenvalue weighted by molar-refractivity contribution is 7.17. The van der Waals surface area contributed by atoms with Gasteiger partial charge >= 0.3 is 5.97 Å². The summed E-state index contributed by atoms with van der Waals surface area (Å²) in [5.41, 5.74) is 2.25. The van der Waals surface area contributed by atoms with Crippen LogP contribution in [0.1, 0.15) is 21.9 Å². The lowest BCUT2D eigenvalue weighted by Crippen LogP contribution is -2.23. The predicted molar refractivity (Wildman–Crippen MR) is 117 cm³/mol. The summed E-state index contributed by atoms with van der Waals surface area (Å²) in [6.45, 7) is 2.02. The molecule has 7 nitrogen and oxygen atoms in total. The lowest BCUT2D eigenvalue weighted by molar-refractivity contribution is 0.0660. The van der Waals surface area contributed by atoms with E-state index in [0.717, 1.165) is 11.1 Å². The molecule has 1 N–H and O–H groups in total. The molecule has 0 saturated carbocycles. The van der Waals surface area contributed by atoms with Crippen molar-refractivity contribution in [2.75, 3.05) is 0 Å². The van der Waals surface area contributed by atoms with E-state index in [9.17, 15) is 9.59 Å². The Morgan fingerprint density at radius 3 is 2.77 bits per heavy atom. The number of aromatic nitrogens is 2. The first-order valence-electron chi connectivity index (χ1n) is 9.46. The van der Waals surface area contributed by atoms with Crippen molar-refractivity contribution in [2.45, 2.75) is 13.5 Å². The molecule has 4 heterocycles. The molecule has 0 aliphatic carbocycles. The lowest BCUT2D eigenvalue weighted by Gasteiger charge is -2.12. The SMILES string of the molecule is Cc1cccc(-c2nc3scc(-c4ccco4)c3c(=O)n2Cc2ccc(C(=O)O)o2)c1. The Morgan fingerprint density at radius 2 is 2.06 bits per heavy atom. The number of carboxylic acid groups (broad SMARTS) is 1. The van der Waals surface area contributed by atoms with E-state index in [2.05, 4.69) is 0 Å². The van der Waals surface area contributed by atoms with Crippen molar-refractivity contribution in [2.24, 2.45) is 0 Å². The number of hydrogen-bond acceptors (Lipinski definition) is 6. The van der Waals surface area contributed by atoms with Crippen LogP contribution >= 0.6 is 11.3 Å². The Bertz CT molecular complexity index is 1470. The molecule has 0 fully saturated rings. The molecule has 8 heteroatoms. The van der Waals surface area contributed by atoms with Gasteiger partial charge in [0.25, 0.3) is 5.56 Å². The van der Waals surface area contributed by atoms with E-state index in [1.54, 1.807) is 24.5 Å². The van der Waals surface area contributed by atoms with Crippen LogP contribution in [0.3, 0.4) is 0 Å². The van der Waals surface area contributed by atoms with Gasteiger partial charge in [0.05, 0.1) is 18.2 Å². The quantitative estimate of drug-likeness (QED) is 0.418. The molecule has 5 rings (SSSR count). The fraction of sp³-hybridized carbons (Fsp3) is 0.0870. The predicted octanol–water partition coefficient (Wildman–Crippen LogP) is 5.03. The van der Waals surface area contributed by atoms with Crippen LogP contribution in [-0.2, 0) is 6.54 Å². The third-order valence-electron chi connectivity index (χ3n) is 4.94. The number of aromatic carboxylic acids is 1. The summed E-state index contributed by atoms with van der Waals surface area (Å²) >= 11 is 1.38. The summed E-state index contributed by atoms with van der Waals surface area (Å²) < 4.78 is 12.4. The van der Waals surface area contributed by atoms with Crippen LogP contribution in [0.5, 0.6) is 0 Å². The molecule has 0 bridgehead atoms. The largest absolute Gasteiger partial charge is 0.475 e. The summed E-state index contributed by atoms with van der Waals surface area (Å²) in [5.74, 6) is 0.0860. The summed E-state index contributed by atoms with van der Waals surface area (Å²) in [5, 5.41) is 11.5. The second kappa shape index (κ2) is 7.41. The lowest BCUT2D eigenvalue weighted by atomic mass is 10.1. The van der Waals surface area contributed by atoms with Crippen molar-refractivity contribution >= 4 is 27.5 Å². The fourth-order valence-electron chi connectivity index (χ4n) is 3.52. The van der Waals surface area contributed by atoms with Crippen LogP contribution in [0.25, 0.3) is 32.9 Å². The maximum Gasteiger partial charge on any atom is 0.371 e. The molecule has 5 aromatic rings. The number of thiophene rings is 1. The molecule has 4 aromatic heterocycles. The van der Waals surface area contributed by atoms with Gasteiger partial charge in [-0.2, -0.15) is 0 Å². The number of nitrogens with zero attached hydrogens (tertiary/aromatic N) is 2. The van der Waals surface area contributed by atoms with Gasteiger partial charge in [0.2, 0.25) is 5.76 Å². The zero-order chi connectivity index (χ0) is 21.5. The van der Waals surface area contributed by atoms with Crippen LogP contribution in [-0.4, -0.2) is 20.6 Å². The number of aryl methyl sites for hydroxylation is 1. The molecule has 154 valence electrons. The summed E-state index contributed by atoms with van der Waals surface area (Å²) in [4.78, 5) is 30.3. The van der Waals surface area contributed by atoms with Crippen LogP contribution in [0.4, 0.5) is 0 Å². The molecule has 0 atom stereocenters. The van der Waals surface area contributed by atoms with Crippen molar-refractivity contribution in [3.8, 4) is 22.7 Å². The highest BCUT2D eigenvalue weighted by atomic mass is 32.1. The highest BCUT2D eigenvalue weighted by Crippen LogP contribution is 2.33. The minimum atomic E-state index is -1.16. The molecular weight excluding hydrogens is 416 g/mol. The summed E-state index contributed by atoms with van der Waals surface area (Å²) in [6.07, 6.45) is 1.56. The van der Waals surface area contributed by atoms with Crippen molar-refractivity contribution in [1.82, 2.24) is 9.55 Å². The fourth-order valence-corrected chi connectivity index (χ4v) is 4.44. The van der Waals surface area contributed by atoms with Crippen LogP contribution in [0.2, 0.25) is 0 Å². The number of hydrogen-bond donors (Lipinski definition) is 1. The second-order valence-electron chi connectivity index (χ2n) is 7.07. The molecule has 31 heavy (non-hydrogen) atoms. The molecule has 0 aliphatic rings. The van der Waals surface area contributed by atoms with Gasteiger partial charge in [-0.15, -0.1) is 11.3 Å². The molecule has 0 aliphatic heterocycles. The van der Waals surface area contributed by atoms with Crippen molar-refractivity contribution in [1.29, 1.82) is 0 Å². The standard InChI is InChI=1S/C23H16N2O5S/c1-13-4-2-5-14(10-13)20-24-21-19(16(12-31-21)17-6-3-9-29-17)22(26)25(20)11-15-7-8-18(30-15)23(27)28/h2-10,12H,11H2,1H3,(H,27,28). The third-order valence-corrected chi connectivity index (χ3v) is 5.82. The molecule has 0 spiro atoms. The van der Waals surface area contributed by atoms with Crippen LogP contribution in [0.15, 0.2) is 73.8 Å². The number of fused-ring (bicyclic) bond motifs is 1. The molecule has 0 unspecified atom stereocenters. The summed E-state index contributed by atoms with van der Waals surface area (Å²) in [6, 6.07) is 14.2. The van der Waals surface area contributed by atoms with E-state index in [4.69, 9.17) is 18.9 Å². The second-order valence-corrected chi connectivity index (χ2v) is 7.93. The average Bonchev–Trinajstić information content (AvgIpc) is 3.50. The van der Waals surface area contributed by atoms with Gasteiger partial charge in [0.15, 0.2) is 0 Å². The van der Waals surface area contributed by atoms with Crippen LogP contribution in [0, 0.1) is 6.92 Å². The van der Waals surface area contributed by atoms with Gasteiger partial charge in [-0.3, -0.25) is 9.36 Å². The van der Waals surface area contributed by atoms with E-state index < -0.39 is 5.97 Å². The highest BCUT2D eigenvalue weighted by Gasteiger charge is 2.20. The molecule has 0 saturated heterocycles. The maximum absolute atomic E-state index is 13.7. The van der Waals surface area contributed by atoms with Gasteiger partial charge in [0, 0.05) is 16.5 Å². The Labute approximate surface area is 179 Å². The normalized spacial score (nSPS) is 11.3. The molecule has 1 aromatic carbocycles. The number of carbonyl (C=O) groups is 1. The first-order valence-corrected chi connectivity index (χ1v) is 10.3. The van der Waals surface area contributed by atoms with Gasteiger partial charge in [-0.05, 0) is 37.3 Å². The minimum absolute atomic E-state index is 0.0474. The van der Waals surface area contributed by atoms with Crippen molar-refractivity contribution < 1.29 is 18.7 Å². The minimum Gasteiger partial charge on any atom is -0.475 e. The zero-order valence-electron chi connectivity index (χ0n) is 16.4. The molecular formula is C23H16N2O5S. The Hall–Kier alpha value is -3.91. The summed E-state index contributed by atoms with van der Waals surface area (Å²) in [7, 11) is 0. The van der Waals surface area contributed by atoms with E-state index in [-0.39, 0.29) is 17.9 Å². The van der Waals surface area contributed by atoms with Gasteiger partial charge in [-0.1, -0.05) is 23.8 Å². The van der Waals surface area contributed by atoms with E-state index >= 15 is 0 Å². The first kappa shape index (κ1) is 19.1. The zero-order valence-corrected chi connectivity index (χ0v) is 17.2. The van der Waals surface area contributed by atoms with Gasteiger partial charge in [-0.25, -0.2) is 9.78 Å². The number of benzene rings is 1. The molecule has 0 amide bonds. The van der Waals surface area contributed by atoms with Crippen LogP contribution < -0.4 is 5.56 Å². The van der Waals surface area contributed by atoms with Crippen molar-refractivity contribution in [3.63, 3.8) is 0 Å². The average molecular weight is 432 g/mol. The Morgan fingerprint density at radius 1 is 1.19 bits per heavy atom. The van der Waals surface area contributed by atoms with E-state index in [0.29, 0.717) is 33.1 Å². The third kappa shape index (κ3) is 3.36. The smallest absolute Gasteiger partial charge is 0.371 e. The number of rotatable bonds is 5. The topological polar surface area (TPSA) is 98.5 Å². The van der Waals surface area contributed by atoms with Crippen molar-refractivity contribution in [3.05, 3.63) is 87.6 Å². The van der Waals surface area contributed by atoms with Gasteiger partial charge < -0.3 is 13.9 Å². The number of furan rings is 2. The maximum atomic E-state index is 13.7. The monoisotopic (exact) mass is 432 g/mol. The Kier molecular flexibility index (Phi) is 4.56. The number of carboxylic acids is 1. The van der Waals surface area contributed by atoms with E-state index in [1.165, 1.54) is 22.0 Å². The van der Waals surface area contributed by atoms with E-state index in [1.807, 2.05) is 36.6 Å². The molecule has 0 radical (unpaired) electrons.